The number of rotatable bonds is 6. The lowest BCUT2D eigenvalue weighted by Gasteiger charge is -2.19. The molecule has 0 aliphatic carbocycles. The molecule has 0 aliphatic rings. The number of aliphatic hydroxyl groups is 1. The molecule has 0 radical (unpaired) electrons. The van der Waals surface area contributed by atoms with Gasteiger partial charge in [0.1, 0.15) is 5.75 Å². The summed E-state index contributed by atoms with van der Waals surface area (Å²) in [4.78, 5) is 21.6. The number of benzene rings is 2. The number of phenols is 1. The molecule has 160 valence electrons. The molecule has 4 rings (SSSR count). The van der Waals surface area contributed by atoms with E-state index in [4.69, 9.17) is 11.6 Å². The molecule has 3 N–H and O–H groups in total. The quantitative estimate of drug-likeness (QED) is 0.397. The lowest BCUT2D eigenvalue weighted by atomic mass is 10.1. The van der Waals surface area contributed by atoms with Gasteiger partial charge in [-0.3, -0.25) is 9.36 Å². The van der Waals surface area contributed by atoms with Crippen molar-refractivity contribution in [2.45, 2.75) is 32.5 Å². The van der Waals surface area contributed by atoms with Gasteiger partial charge < -0.3 is 20.1 Å². The van der Waals surface area contributed by atoms with Gasteiger partial charge in [0.2, 0.25) is 5.95 Å². The molecule has 31 heavy (non-hydrogen) atoms. The standard InChI is InChI=1S/C22H22ClN5O3/c1-22(2,31)12-27-13-24-19-18(27)20(30)26-21(25-16-7-9-17(29)10-8-16)28(19)11-14-3-5-15(23)6-4-14/h3-10,13,29,31H,11-12H2,1-2H3,(H,25,26,30). The van der Waals surface area contributed by atoms with Gasteiger partial charge in [0, 0.05) is 10.7 Å². The molecule has 4 aromatic rings. The summed E-state index contributed by atoms with van der Waals surface area (Å²) in [6.45, 7) is 3.92. The van der Waals surface area contributed by atoms with Crippen LogP contribution >= 0.6 is 11.6 Å². The molecule has 2 heterocycles. The molecule has 2 aromatic carbocycles. The first kappa shape index (κ1) is 20.9. The van der Waals surface area contributed by atoms with Crippen molar-refractivity contribution in [1.82, 2.24) is 19.1 Å². The van der Waals surface area contributed by atoms with Gasteiger partial charge >= 0.3 is 5.56 Å². The van der Waals surface area contributed by atoms with Crippen LogP contribution in [0.2, 0.25) is 5.02 Å². The molecule has 8 nitrogen and oxygen atoms in total. The molecule has 0 atom stereocenters. The molecular weight excluding hydrogens is 418 g/mol. The summed E-state index contributed by atoms with van der Waals surface area (Å²) < 4.78 is 3.42. The van der Waals surface area contributed by atoms with Gasteiger partial charge in [0.05, 0.1) is 25.0 Å². The van der Waals surface area contributed by atoms with Gasteiger partial charge in [-0.2, -0.15) is 4.98 Å². The number of aromatic hydroxyl groups is 1. The zero-order valence-corrected chi connectivity index (χ0v) is 17.8. The van der Waals surface area contributed by atoms with Gasteiger partial charge in [-0.25, -0.2) is 4.98 Å². The summed E-state index contributed by atoms with van der Waals surface area (Å²) >= 11 is 6.01. The monoisotopic (exact) mass is 439 g/mol. The van der Waals surface area contributed by atoms with E-state index < -0.39 is 11.2 Å². The number of halogens is 1. The first-order chi connectivity index (χ1) is 14.7. The maximum absolute atomic E-state index is 12.9. The second-order valence-corrected chi connectivity index (χ2v) is 8.42. The summed E-state index contributed by atoms with van der Waals surface area (Å²) in [5, 5.41) is 23.5. The van der Waals surface area contributed by atoms with E-state index in [1.165, 1.54) is 6.33 Å². The number of fused-ring (bicyclic) bond motifs is 1. The average molecular weight is 440 g/mol. The third-order valence-corrected chi connectivity index (χ3v) is 4.93. The molecule has 0 fully saturated rings. The summed E-state index contributed by atoms with van der Waals surface area (Å²) in [6, 6.07) is 13.8. The van der Waals surface area contributed by atoms with Gasteiger partial charge in [-0.05, 0) is 55.8 Å². The highest BCUT2D eigenvalue weighted by atomic mass is 35.5. The molecule has 0 amide bonds. The van der Waals surface area contributed by atoms with Crippen LogP contribution in [-0.4, -0.2) is 34.9 Å². The van der Waals surface area contributed by atoms with Crippen LogP contribution in [0.15, 0.2) is 59.7 Å². The van der Waals surface area contributed by atoms with Crippen molar-refractivity contribution in [3.63, 3.8) is 0 Å². The number of nitrogens with zero attached hydrogens (tertiary/aromatic N) is 4. The minimum atomic E-state index is -1.02. The highest BCUT2D eigenvalue weighted by molar-refractivity contribution is 6.30. The fraction of sp³-hybridized carbons (Fsp3) is 0.227. The Morgan fingerprint density at radius 3 is 2.42 bits per heavy atom. The van der Waals surface area contributed by atoms with Gasteiger partial charge in [0.15, 0.2) is 11.2 Å². The molecule has 9 heteroatoms. The van der Waals surface area contributed by atoms with Crippen molar-refractivity contribution >= 4 is 34.4 Å². The van der Waals surface area contributed by atoms with E-state index in [1.54, 1.807) is 59.4 Å². The molecule has 0 saturated carbocycles. The highest BCUT2D eigenvalue weighted by Gasteiger charge is 2.20. The fourth-order valence-corrected chi connectivity index (χ4v) is 3.45. The van der Waals surface area contributed by atoms with Crippen molar-refractivity contribution in [2.24, 2.45) is 0 Å². The number of hydrogen-bond acceptors (Lipinski definition) is 6. The second-order valence-electron chi connectivity index (χ2n) is 7.98. The predicted molar refractivity (Wildman–Crippen MR) is 120 cm³/mol. The van der Waals surface area contributed by atoms with Crippen LogP contribution in [0.3, 0.4) is 0 Å². The summed E-state index contributed by atoms with van der Waals surface area (Å²) in [7, 11) is 0. The molecule has 0 unspecified atom stereocenters. The van der Waals surface area contributed by atoms with Gasteiger partial charge in [-0.1, -0.05) is 23.7 Å². The Hall–Kier alpha value is -3.36. The van der Waals surface area contributed by atoms with Crippen molar-refractivity contribution in [3.8, 4) is 5.75 Å². The van der Waals surface area contributed by atoms with Gasteiger partial charge in [0.25, 0.3) is 0 Å². The van der Waals surface area contributed by atoms with E-state index in [-0.39, 0.29) is 12.3 Å². The summed E-state index contributed by atoms with van der Waals surface area (Å²) in [5.41, 5.74) is 0.884. The Labute approximate surface area is 183 Å². The Kier molecular flexibility index (Phi) is 5.43. The van der Waals surface area contributed by atoms with Crippen LogP contribution < -0.4 is 10.9 Å². The van der Waals surface area contributed by atoms with E-state index in [1.807, 2.05) is 12.1 Å². The predicted octanol–water partition coefficient (Wildman–Crippen LogP) is 3.51. The van der Waals surface area contributed by atoms with Crippen molar-refractivity contribution in [1.29, 1.82) is 0 Å². The normalized spacial score (nSPS) is 11.7. The van der Waals surface area contributed by atoms with Crippen molar-refractivity contribution < 1.29 is 10.2 Å². The Balaban J connectivity index is 1.85. The smallest absolute Gasteiger partial charge is 0.300 e. The SMILES string of the molecule is CC(C)(O)Cn1cnc2c1c(=O)nc(Nc1ccc(O)cc1)n2Cc1ccc(Cl)cc1. The topological polar surface area (TPSA) is 105 Å². The van der Waals surface area contributed by atoms with E-state index in [2.05, 4.69) is 15.3 Å². The third kappa shape index (κ3) is 4.70. The molecule has 0 aliphatic heterocycles. The number of imidazole rings is 1. The van der Waals surface area contributed by atoms with Crippen LogP contribution in [0.25, 0.3) is 11.2 Å². The molecule has 0 bridgehead atoms. The first-order valence-corrected chi connectivity index (χ1v) is 10.1. The number of hydrogen-bond donors (Lipinski definition) is 3. The van der Waals surface area contributed by atoms with Crippen LogP contribution in [0.4, 0.5) is 11.6 Å². The van der Waals surface area contributed by atoms with Crippen LogP contribution in [0.5, 0.6) is 5.75 Å². The summed E-state index contributed by atoms with van der Waals surface area (Å²) in [5.74, 6) is 0.449. The number of nitrogens with one attached hydrogen (secondary N) is 1. The highest BCUT2D eigenvalue weighted by Crippen LogP contribution is 2.22. The Morgan fingerprint density at radius 2 is 1.77 bits per heavy atom. The second kappa shape index (κ2) is 8.05. The maximum Gasteiger partial charge on any atom is 0.300 e. The summed E-state index contributed by atoms with van der Waals surface area (Å²) in [6.07, 6.45) is 1.54. The maximum atomic E-state index is 12.9. The fourth-order valence-electron chi connectivity index (χ4n) is 3.33. The Morgan fingerprint density at radius 1 is 1.10 bits per heavy atom. The van der Waals surface area contributed by atoms with E-state index >= 15 is 0 Å². The molecule has 2 aromatic heterocycles. The average Bonchev–Trinajstić information content (AvgIpc) is 3.10. The molecular formula is C22H22ClN5O3. The minimum absolute atomic E-state index is 0.137. The van der Waals surface area contributed by atoms with Crippen molar-refractivity contribution in [3.05, 3.63) is 75.8 Å². The van der Waals surface area contributed by atoms with Crippen molar-refractivity contribution in [2.75, 3.05) is 5.32 Å². The van der Waals surface area contributed by atoms with E-state index in [0.29, 0.717) is 34.4 Å². The third-order valence-electron chi connectivity index (χ3n) is 4.67. The first-order valence-electron chi connectivity index (χ1n) is 9.68. The lowest BCUT2D eigenvalue weighted by molar-refractivity contribution is 0.0626. The molecule has 0 saturated heterocycles. The zero-order chi connectivity index (χ0) is 22.2. The zero-order valence-electron chi connectivity index (χ0n) is 17.1. The van der Waals surface area contributed by atoms with E-state index in [9.17, 15) is 15.0 Å². The Bertz CT molecular complexity index is 1270. The number of aromatic nitrogens is 4. The number of anilines is 2. The van der Waals surface area contributed by atoms with Crippen LogP contribution in [0.1, 0.15) is 19.4 Å². The largest absolute Gasteiger partial charge is 0.508 e. The number of phenolic OH excluding ortho intramolecular Hbond substituents is 1. The van der Waals surface area contributed by atoms with E-state index in [0.717, 1.165) is 5.56 Å². The van der Waals surface area contributed by atoms with Gasteiger partial charge in [-0.15, -0.1) is 0 Å². The lowest BCUT2D eigenvalue weighted by Crippen LogP contribution is -2.28. The molecule has 0 spiro atoms. The minimum Gasteiger partial charge on any atom is -0.508 e. The van der Waals surface area contributed by atoms with Crippen LogP contribution in [0, 0.1) is 0 Å². The van der Waals surface area contributed by atoms with Crippen LogP contribution in [-0.2, 0) is 13.1 Å².